The van der Waals surface area contributed by atoms with Crippen LogP contribution in [-0.2, 0) is 0 Å². The summed E-state index contributed by atoms with van der Waals surface area (Å²) < 4.78 is 6.03. The first kappa shape index (κ1) is 14.3. The van der Waals surface area contributed by atoms with Crippen molar-refractivity contribution in [2.24, 2.45) is 0 Å². The summed E-state index contributed by atoms with van der Waals surface area (Å²) in [6, 6.07) is 5.49. The number of aryl methyl sites for hydroxylation is 1. The second-order valence-electron chi connectivity index (χ2n) is 5.87. The predicted octanol–water partition coefficient (Wildman–Crippen LogP) is 4.06. The largest absolute Gasteiger partial charge is 0.486 e. The van der Waals surface area contributed by atoms with Crippen LogP contribution >= 0.6 is 15.9 Å². The third-order valence-electron chi connectivity index (χ3n) is 3.88. The van der Waals surface area contributed by atoms with E-state index in [-0.39, 0.29) is 4.83 Å². The highest BCUT2D eigenvalue weighted by molar-refractivity contribution is 9.09. The number of rotatable bonds is 0. The van der Waals surface area contributed by atoms with Crippen LogP contribution in [0.2, 0.25) is 0 Å². The molecule has 4 nitrogen and oxygen atoms in total. The number of hydrogen-bond acceptors (Lipinski definition) is 3. The maximum atomic E-state index is 10.5. The number of ether oxygens (including phenoxy) is 1. The molecule has 1 aliphatic rings. The smallest absolute Gasteiger partial charge is 0.270 e. The van der Waals surface area contributed by atoms with E-state index in [1.54, 1.807) is 6.07 Å². The van der Waals surface area contributed by atoms with Crippen LogP contribution in [0.1, 0.15) is 31.1 Å². The zero-order valence-electron chi connectivity index (χ0n) is 12.0. The zero-order valence-corrected chi connectivity index (χ0v) is 13.6. The maximum absolute atomic E-state index is 10.5. The Morgan fingerprint density at radius 3 is 2.76 bits per heavy atom. The molecule has 0 amide bonds. The minimum absolute atomic E-state index is 0.208. The molecule has 0 fully saturated rings. The lowest BCUT2D eigenvalue weighted by molar-refractivity contribution is 0.0228. The van der Waals surface area contributed by atoms with Gasteiger partial charge in [0.15, 0.2) is 5.52 Å². The average Bonchev–Trinajstić information content (AvgIpc) is 2.44. The minimum Gasteiger partial charge on any atom is -0.486 e. The van der Waals surface area contributed by atoms with Crippen LogP contribution in [0.15, 0.2) is 18.2 Å². The molecule has 0 spiro atoms. The fourth-order valence-corrected chi connectivity index (χ4v) is 3.05. The number of alkyl halides is 1. The van der Waals surface area contributed by atoms with E-state index in [4.69, 9.17) is 11.3 Å². The summed E-state index contributed by atoms with van der Waals surface area (Å²) in [5, 5.41) is 11.4. The number of halogens is 1. The Labute approximate surface area is 131 Å². The van der Waals surface area contributed by atoms with Gasteiger partial charge in [-0.05, 0) is 44.5 Å². The molecule has 0 saturated heterocycles. The number of fused-ring (bicyclic) bond motifs is 2. The summed E-state index contributed by atoms with van der Waals surface area (Å²) >= 11 is 3.51. The quantitative estimate of drug-likeness (QED) is 0.577. The molecule has 21 heavy (non-hydrogen) atoms. The van der Waals surface area contributed by atoms with Gasteiger partial charge in [0.2, 0.25) is 0 Å². The summed E-state index contributed by atoms with van der Waals surface area (Å²) in [5.74, 6) is 1.04. The minimum atomic E-state index is -0.674. The van der Waals surface area contributed by atoms with Crippen LogP contribution in [0.4, 0.5) is 5.82 Å². The van der Waals surface area contributed by atoms with Gasteiger partial charge in [-0.3, -0.25) is 0 Å². The van der Waals surface area contributed by atoms with Gasteiger partial charge >= 0.3 is 0 Å². The van der Waals surface area contributed by atoms with Crippen LogP contribution < -0.4 is 4.74 Å². The molecule has 1 N–H and O–H groups in total. The summed E-state index contributed by atoms with van der Waals surface area (Å²) in [7, 11) is 0. The van der Waals surface area contributed by atoms with E-state index in [1.165, 1.54) is 0 Å². The average molecular weight is 347 g/mol. The number of aromatic nitrogens is 1. The third-order valence-corrected chi connectivity index (χ3v) is 5.48. The molecule has 2 heterocycles. The molecule has 0 saturated carbocycles. The van der Waals surface area contributed by atoms with Crippen molar-refractivity contribution in [2.75, 3.05) is 0 Å². The van der Waals surface area contributed by atoms with Crippen molar-refractivity contribution in [1.29, 1.82) is 0 Å². The van der Waals surface area contributed by atoms with Crippen molar-refractivity contribution in [1.82, 2.24) is 4.98 Å². The molecule has 1 aromatic heterocycles. The van der Waals surface area contributed by atoms with Gasteiger partial charge in [-0.15, -0.1) is 4.98 Å². The first-order valence-corrected chi connectivity index (χ1v) is 7.59. The number of nitrogens with zero attached hydrogens (tertiary/aromatic N) is 2. The van der Waals surface area contributed by atoms with Crippen LogP contribution in [-0.4, -0.2) is 20.5 Å². The molecule has 0 radical (unpaired) electrons. The molecule has 5 heteroatoms. The fraction of sp³-hybridized carbons (Fsp3) is 0.375. The van der Waals surface area contributed by atoms with Gasteiger partial charge in [-0.1, -0.05) is 22.5 Å². The number of benzene rings is 1. The van der Waals surface area contributed by atoms with Gasteiger partial charge in [0.1, 0.15) is 11.4 Å². The van der Waals surface area contributed by atoms with Crippen molar-refractivity contribution >= 4 is 32.7 Å². The van der Waals surface area contributed by atoms with E-state index in [2.05, 4.69) is 25.8 Å². The van der Waals surface area contributed by atoms with E-state index >= 15 is 0 Å². The SMILES string of the molecule is [C-]#[N+]c1cc(C)c2cc3c(cc2n1)C(O)C(Br)C(C)(C)O3. The Hall–Kier alpha value is -1.64. The predicted molar refractivity (Wildman–Crippen MR) is 85.1 cm³/mol. The highest BCUT2D eigenvalue weighted by atomic mass is 79.9. The van der Waals surface area contributed by atoms with Crippen molar-refractivity contribution in [3.05, 3.63) is 40.7 Å². The molecule has 0 bridgehead atoms. The Balaban J connectivity index is 2.27. The standard InChI is InChI=1S/C16H15BrN2O2/c1-8-5-13(18-4)19-11-6-10-12(7-9(8)11)21-16(2,3)15(17)14(10)20/h5-7,14-15,20H,1-3H3. The van der Waals surface area contributed by atoms with Crippen molar-refractivity contribution < 1.29 is 9.84 Å². The molecular formula is C16H15BrN2O2. The lowest BCUT2D eigenvalue weighted by atomic mass is 9.90. The fourth-order valence-electron chi connectivity index (χ4n) is 2.67. The normalized spacial score (nSPS) is 23.2. The molecule has 2 unspecified atom stereocenters. The van der Waals surface area contributed by atoms with E-state index in [1.807, 2.05) is 32.9 Å². The summed E-state index contributed by atoms with van der Waals surface area (Å²) in [4.78, 5) is 7.50. The highest BCUT2D eigenvalue weighted by Crippen LogP contribution is 2.45. The lowest BCUT2D eigenvalue weighted by Crippen LogP contribution is -2.45. The number of pyridine rings is 1. The van der Waals surface area contributed by atoms with E-state index in [0.717, 1.165) is 10.9 Å². The Kier molecular flexibility index (Phi) is 3.19. The number of hydrogen-bond donors (Lipinski definition) is 1. The number of aliphatic hydroxyl groups is 1. The van der Waals surface area contributed by atoms with Gasteiger partial charge in [0.05, 0.1) is 10.9 Å². The summed E-state index contributed by atoms with van der Waals surface area (Å²) in [6.07, 6.45) is -0.674. The maximum Gasteiger partial charge on any atom is 0.270 e. The Morgan fingerprint density at radius 1 is 1.38 bits per heavy atom. The molecule has 2 aromatic rings. The van der Waals surface area contributed by atoms with Crippen LogP contribution in [0.25, 0.3) is 15.7 Å². The third kappa shape index (κ3) is 2.19. The van der Waals surface area contributed by atoms with Crippen LogP contribution in [0, 0.1) is 13.5 Å². The summed E-state index contributed by atoms with van der Waals surface area (Å²) in [5.41, 5.74) is 1.89. The van der Waals surface area contributed by atoms with E-state index in [9.17, 15) is 5.11 Å². The van der Waals surface area contributed by atoms with Crippen molar-refractivity contribution in [3.8, 4) is 5.75 Å². The van der Waals surface area contributed by atoms with E-state index < -0.39 is 11.7 Å². The van der Waals surface area contributed by atoms with Crippen molar-refractivity contribution in [2.45, 2.75) is 37.3 Å². The first-order valence-electron chi connectivity index (χ1n) is 6.67. The number of aliphatic hydroxyl groups excluding tert-OH is 1. The van der Waals surface area contributed by atoms with Crippen LogP contribution in [0.5, 0.6) is 5.75 Å². The molecule has 0 aliphatic carbocycles. The van der Waals surface area contributed by atoms with Gasteiger partial charge in [-0.25, -0.2) is 0 Å². The molecule has 3 rings (SSSR count). The van der Waals surface area contributed by atoms with Gasteiger partial charge in [0, 0.05) is 10.9 Å². The first-order chi connectivity index (χ1) is 9.83. The lowest BCUT2D eigenvalue weighted by Gasteiger charge is -2.40. The van der Waals surface area contributed by atoms with Crippen molar-refractivity contribution in [3.63, 3.8) is 0 Å². The molecule has 2 atom stereocenters. The molecule has 1 aromatic carbocycles. The zero-order chi connectivity index (χ0) is 15.4. The van der Waals surface area contributed by atoms with Gasteiger partial charge in [0.25, 0.3) is 5.82 Å². The Bertz CT molecular complexity index is 780. The van der Waals surface area contributed by atoms with Gasteiger partial charge in [-0.2, -0.15) is 0 Å². The monoisotopic (exact) mass is 346 g/mol. The summed E-state index contributed by atoms with van der Waals surface area (Å²) in [6.45, 7) is 12.9. The molecular weight excluding hydrogens is 332 g/mol. The highest BCUT2D eigenvalue weighted by Gasteiger charge is 2.42. The second-order valence-corrected chi connectivity index (χ2v) is 6.85. The van der Waals surface area contributed by atoms with E-state index in [0.29, 0.717) is 22.6 Å². The Morgan fingerprint density at radius 2 is 2.10 bits per heavy atom. The molecule has 1 aliphatic heterocycles. The van der Waals surface area contributed by atoms with Gasteiger partial charge < -0.3 is 14.7 Å². The molecule has 108 valence electrons. The van der Waals surface area contributed by atoms with Crippen LogP contribution in [0.3, 0.4) is 0 Å². The topological polar surface area (TPSA) is 46.7 Å². The second kappa shape index (κ2) is 4.69.